The summed E-state index contributed by atoms with van der Waals surface area (Å²) < 4.78 is 78.7. The molecule has 3 unspecified atom stereocenters. The van der Waals surface area contributed by atoms with Gasteiger partial charge < -0.3 is 19.4 Å². The zero-order valence-electron chi connectivity index (χ0n) is 19.8. The van der Waals surface area contributed by atoms with Crippen LogP contribution in [0, 0.1) is 0 Å². The standard InChI is InChI=1S/C22H33F5N2O3Si/c1-21(2,3)33(5,6)32-13-17-18(11-16(28-17)19(23)24)29(20(30)22(25,26)27)12-14-7-9-15(31-4)10-8-14/h7-10,16-19,28H,11-13H2,1-6H3. The third kappa shape index (κ3) is 6.89. The third-order valence-corrected chi connectivity index (χ3v) is 11.0. The molecule has 1 aromatic rings. The highest BCUT2D eigenvalue weighted by Gasteiger charge is 2.50. The number of ether oxygens (including phenoxy) is 1. The van der Waals surface area contributed by atoms with Crippen molar-refractivity contribution in [2.24, 2.45) is 0 Å². The number of amides is 1. The molecule has 33 heavy (non-hydrogen) atoms. The van der Waals surface area contributed by atoms with Crippen LogP contribution in [0.25, 0.3) is 0 Å². The van der Waals surface area contributed by atoms with E-state index in [1.807, 2.05) is 33.9 Å². The molecule has 0 spiro atoms. The number of benzene rings is 1. The minimum absolute atomic E-state index is 0.0609. The van der Waals surface area contributed by atoms with Gasteiger partial charge in [0, 0.05) is 6.54 Å². The van der Waals surface area contributed by atoms with Gasteiger partial charge in [-0.05, 0) is 42.2 Å². The van der Waals surface area contributed by atoms with Crippen molar-refractivity contribution in [3.63, 3.8) is 0 Å². The van der Waals surface area contributed by atoms with E-state index in [0.717, 1.165) is 0 Å². The number of halogens is 5. The first-order valence-electron chi connectivity index (χ1n) is 10.8. The van der Waals surface area contributed by atoms with Crippen molar-refractivity contribution in [1.29, 1.82) is 0 Å². The Bertz CT molecular complexity index is 797. The van der Waals surface area contributed by atoms with Crippen LogP contribution in [-0.2, 0) is 15.8 Å². The van der Waals surface area contributed by atoms with Crippen LogP contribution in [-0.4, -0.2) is 63.6 Å². The largest absolute Gasteiger partial charge is 0.497 e. The van der Waals surface area contributed by atoms with Crippen LogP contribution in [0.5, 0.6) is 5.75 Å². The highest BCUT2D eigenvalue weighted by Crippen LogP contribution is 2.37. The van der Waals surface area contributed by atoms with E-state index < -0.39 is 45.0 Å². The molecule has 0 bridgehead atoms. The summed E-state index contributed by atoms with van der Waals surface area (Å²) in [7, 11) is -0.847. The van der Waals surface area contributed by atoms with Crippen molar-refractivity contribution in [3.8, 4) is 5.75 Å². The average molecular weight is 497 g/mol. The van der Waals surface area contributed by atoms with E-state index >= 15 is 0 Å². The van der Waals surface area contributed by atoms with Crippen molar-refractivity contribution < 1.29 is 35.9 Å². The molecule has 0 aliphatic carbocycles. The Hall–Kier alpha value is -1.72. The summed E-state index contributed by atoms with van der Waals surface area (Å²) in [4.78, 5) is 13.0. The lowest BCUT2D eigenvalue weighted by atomic mass is 10.0. The van der Waals surface area contributed by atoms with E-state index in [0.29, 0.717) is 16.2 Å². The Morgan fingerprint density at radius 1 is 1.18 bits per heavy atom. The van der Waals surface area contributed by atoms with Crippen LogP contribution < -0.4 is 10.1 Å². The molecule has 188 valence electrons. The molecule has 1 aromatic carbocycles. The minimum Gasteiger partial charge on any atom is -0.497 e. The molecular weight excluding hydrogens is 463 g/mol. The molecule has 3 atom stereocenters. The van der Waals surface area contributed by atoms with E-state index in [4.69, 9.17) is 9.16 Å². The second-order valence-electron chi connectivity index (χ2n) is 9.87. The fourth-order valence-electron chi connectivity index (χ4n) is 3.50. The van der Waals surface area contributed by atoms with Crippen LogP contribution in [0.4, 0.5) is 22.0 Å². The zero-order valence-corrected chi connectivity index (χ0v) is 20.8. The highest BCUT2D eigenvalue weighted by molar-refractivity contribution is 6.74. The van der Waals surface area contributed by atoms with Gasteiger partial charge in [-0.3, -0.25) is 4.79 Å². The van der Waals surface area contributed by atoms with E-state index in [9.17, 15) is 26.7 Å². The molecule has 1 N–H and O–H groups in total. The normalized spacial score (nSPS) is 22.0. The van der Waals surface area contributed by atoms with E-state index in [1.165, 1.54) is 7.11 Å². The number of nitrogens with zero attached hydrogens (tertiary/aromatic N) is 1. The van der Waals surface area contributed by atoms with Crippen molar-refractivity contribution in [2.45, 2.75) is 82.6 Å². The summed E-state index contributed by atoms with van der Waals surface area (Å²) >= 11 is 0. The van der Waals surface area contributed by atoms with Gasteiger partial charge in [0.05, 0.1) is 31.8 Å². The third-order valence-electron chi connectivity index (χ3n) is 6.54. The fourth-order valence-corrected chi connectivity index (χ4v) is 4.53. The number of hydrogen-bond donors (Lipinski definition) is 1. The first kappa shape index (κ1) is 27.5. The molecule has 0 radical (unpaired) electrons. The highest BCUT2D eigenvalue weighted by atomic mass is 28.4. The molecular formula is C22H33F5N2O3Si. The summed E-state index contributed by atoms with van der Waals surface area (Å²) in [5, 5.41) is 2.55. The molecule has 1 heterocycles. The molecule has 1 saturated heterocycles. The Morgan fingerprint density at radius 3 is 2.21 bits per heavy atom. The molecule has 1 amide bonds. The van der Waals surface area contributed by atoms with Crippen molar-refractivity contribution in [1.82, 2.24) is 10.2 Å². The van der Waals surface area contributed by atoms with Crippen molar-refractivity contribution >= 4 is 14.2 Å². The smallest absolute Gasteiger partial charge is 0.471 e. The molecule has 1 aliphatic heterocycles. The van der Waals surface area contributed by atoms with Crippen molar-refractivity contribution in [2.75, 3.05) is 13.7 Å². The molecule has 0 aromatic heterocycles. The van der Waals surface area contributed by atoms with E-state index in [2.05, 4.69) is 5.32 Å². The maximum absolute atomic E-state index is 13.5. The maximum atomic E-state index is 13.5. The van der Waals surface area contributed by atoms with Gasteiger partial charge in [-0.1, -0.05) is 32.9 Å². The topological polar surface area (TPSA) is 50.8 Å². The van der Waals surface area contributed by atoms with Crippen LogP contribution in [0.3, 0.4) is 0 Å². The zero-order chi connectivity index (χ0) is 25.2. The predicted octanol–water partition coefficient (Wildman–Crippen LogP) is 4.97. The molecule has 0 saturated carbocycles. The van der Waals surface area contributed by atoms with E-state index in [1.54, 1.807) is 24.3 Å². The fraction of sp³-hybridized carbons (Fsp3) is 0.682. The second-order valence-corrected chi connectivity index (χ2v) is 14.7. The van der Waals surface area contributed by atoms with Gasteiger partial charge in [-0.2, -0.15) is 13.2 Å². The minimum atomic E-state index is -5.14. The first-order valence-corrected chi connectivity index (χ1v) is 13.7. The van der Waals surface area contributed by atoms with Crippen LogP contribution in [0.2, 0.25) is 18.1 Å². The molecule has 5 nitrogen and oxygen atoms in total. The Morgan fingerprint density at radius 2 is 1.76 bits per heavy atom. The van der Waals surface area contributed by atoms with Gasteiger partial charge in [0.15, 0.2) is 8.32 Å². The molecule has 1 fully saturated rings. The van der Waals surface area contributed by atoms with Gasteiger partial charge in [-0.25, -0.2) is 8.78 Å². The lowest BCUT2D eigenvalue weighted by molar-refractivity contribution is -0.189. The molecule has 1 aliphatic rings. The Kier molecular flexibility index (Phi) is 8.56. The second kappa shape index (κ2) is 10.3. The van der Waals surface area contributed by atoms with Gasteiger partial charge in [-0.15, -0.1) is 0 Å². The molecule has 2 rings (SSSR count). The van der Waals surface area contributed by atoms with Crippen LogP contribution >= 0.6 is 0 Å². The van der Waals surface area contributed by atoms with Crippen molar-refractivity contribution in [3.05, 3.63) is 29.8 Å². The monoisotopic (exact) mass is 496 g/mol. The lowest BCUT2D eigenvalue weighted by Gasteiger charge is -2.39. The first-order chi connectivity index (χ1) is 15.1. The van der Waals surface area contributed by atoms with Gasteiger partial charge in [0.25, 0.3) is 6.43 Å². The predicted molar refractivity (Wildman–Crippen MR) is 118 cm³/mol. The Labute approximate surface area is 192 Å². The van der Waals surface area contributed by atoms with Crippen LogP contribution in [0.1, 0.15) is 32.8 Å². The number of hydrogen-bond acceptors (Lipinski definition) is 4. The maximum Gasteiger partial charge on any atom is 0.471 e. The molecule has 11 heteroatoms. The summed E-state index contributed by atoms with van der Waals surface area (Å²) in [5.41, 5.74) is 0.429. The Balaban J connectivity index is 2.35. The number of carbonyl (C=O) groups is 1. The number of rotatable bonds is 8. The number of nitrogens with one attached hydrogen (secondary N) is 1. The SMILES string of the molecule is COc1ccc(CN(C(=O)C(F)(F)F)C2CC(C(F)F)NC2CO[Si](C)(C)C(C)(C)C)cc1. The van der Waals surface area contributed by atoms with Crippen LogP contribution in [0.15, 0.2) is 24.3 Å². The summed E-state index contributed by atoms with van der Waals surface area (Å²) in [6.45, 7) is 9.52. The van der Waals surface area contributed by atoms with Gasteiger partial charge in [0.1, 0.15) is 5.75 Å². The summed E-state index contributed by atoms with van der Waals surface area (Å²) in [6.07, 6.45) is -8.23. The van der Waals surface area contributed by atoms with Gasteiger partial charge in [0.2, 0.25) is 0 Å². The summed E-state index contributed by atoms with van der Waals surface area (Å²) in [5.74, 6) is -1.55. The quantitative estimate of drug-likeness (QED) is 0.408. The van der Waals surface area contributed by atoms with E-state index in [-0.39, 0.29) is 24.6 Å². The summed E-state index contributed by atoms with van der Waals surface area (Å²) in [6, 6.07) is 2.93. The number of carbonyl (C=O) groups excluding carboxylic acids is 1. The lowest BCUT2D eigenvalue weighted by Crippen LogP contribution is -2.54. The number of alkyl halides is 5. The average Bonchev–Trinajstić information content (AvgIpc) is 3.13. The number of methoxy groups -OCH3 is 1. The van der Waals surface area contributed by atoms with Gasteiger partial charge >= 0.3 is 12.1 Å².